The van der Waals surface area contributed by atoms with Crippen LogP contribution in [0.2, 0.25) is 0 Å². The number of nitrogens with two attached hydrogens (primary N) is 1. The minimum atomic E-state index is -0.391. The highest BCUT2D eigenvalue weighted by atomic mass is 79.9. The first-order chi connectivity index (χ1) is 7.58. The van der Waals surface area contributed by atoms with Crippen molar-refractivity contribution < 1.29 is 4.79 Å². The molecule has 0 spiro atoms. The second kappa shape index (κ2) is 4.17. The van der Waals surface area contributed by atoms with E-state index in [9.17, 15) is 4.79 Å². The van der Waals surface area contributed by atoms with Crippen LogP contribution in [0.25, 0.3) is 10.9 Å². The van der Waals surface area contributed by atoms with Crippen LogP contribution in [-0.4, -0.2) is 16.9 Å². The van der Waals surface area contributed by atoms with E-state index in [1.165, 1.54) is 0 Å². The van der Waals surface area contributed by atoms with Gasteiger partial charge in [-0.25, -0.2) is 0 Å². The third kappa shape index (κ3) is 2.04. The SMILES string of the molecule is C[C@@H](Nc1c[nH]c2ccc(Br)cc12)C(N)=O. The van der Waals surface area contributed by atoms with Crippen LogP contribution in [0.3, 0.4) is 0 Å². The van der Waals surface area contributed by atoms with Crippen molar-refractivity contribution in [1.82, 2.24) is 4.98 Å². The number of hydrogen-bond acceptors (Lipinski definition) is 2. The molecule has 0 aliphatic carbocycles. The maximum absolute atomic E-state index is 11.0. The van der Waals surface area contributed by atoms with E-state index in [0.29, 0.717) is 0 Å². The van der Waals surface area contributed by atoms with Gasteiger partial charge >= 0.3 is 0 Å². The molecular weight excluding hydrogens is 270 g/mol. The number of halogens is 1. The zero-order valence-corrected chi connectivity index (χ0v) is 10.3. The van der Waals surface area contributed by atoms with Gasteiger partial charge in [0.15, 0.2) is 0 Å². The lowest BCUT2D eigenvalue weighted by Gasteiger charge is -2.10. The number of aromatic nitrogens is 1. The summed E-state index contributed by atoms with van der Waals surface area (Å²) in [6.45, 7) is 1.74. The van der Waals surface area contributed by atoms with E-state index in [0.717, 1.165) is 21.1 Å². The monoisotopic (exact) mass is 281 g/mol. The maximum atomic E-state index is 11.0. The average Bonchev–Trinajstić information content (AvgIpc) is 2.61. The number of hydrogen-bond donors (Lipinski definition) is 3. The van der Waals surface area contributed by atoms with Crippen molar-refractivity contribution in [1.29, 1.82) is 0 Å². The molecule has 0 saturated heterocycles. The molecule has 5 heteroatoms. The highest BCUT2D eigenvalue weighted by molar-refractivity contribution is 9.10. The third-order valence-corrected chi connectivity index (χ3v) is 2.94. The largest absolute Gasteiger partial charge is 0.372 e. The molecule has 1 heterocycles. The zero-order chi connectivity index (χ0) is 11.7. The minimum absolute atomic E-state index is 0.371. The summed E-state index contributed by atoms with van der Waals surface area (Å²) in [5.74, 6) is -0.371. The number of carbonyl (C=O) groups is 1. The van der Waals surface area contributed by atoms with E-state index in [4.69, 9.17) is 5.73 Å². The van der Waals surface area contributed by atoms with E-state index in [1.54, 1.807) is 6.92 Å². The molecule has 0 radical (unpaired) electrons. The molecule has 4 N–H and O–H groups in total. The summed E-state index contributed by atoms with van der Waals surface area (Å²) in [6, 6.07) is 5.53. The number of carbonyl (C=O) groups excluding carboxylic acids is 1. The number of aromatic amines is 1. The first-order valence-corrected chi connectivity index (χ1v) is 5.69. The number of benzene rings is 1. The summed E-state index contributed by atoms with van der Waals surface area (Å²) in [4.78, 5) is 14.1. The van der Waals surface area contributed by atoms with Crippen molar-refractivity contribution in [2.24, 2.45) is 5.73 Å². The topological polar surface area (TPSA) is 70.9 Å². The van der Waals surface area contributed by atoms with Gasteiger partial charge in [0.25, 0.3) is 0 Å². The van der Waals surface area contributed by atoms with Gasteiger partial charge in [-0.3, -0.25) is 4.79 Å². The summed E-state index contributed by atoms with van der Waals surface area (Å²) >= 11 is 3.41. The summed E-state index contributed by atoms with van der Waals surface area (Å²) in [5.41, 5.74) is 7.10. The average molecular weight is 282 g/mol. The van der Waals surface area contributed by atoms with Crippen LogP contribution in [0.5, 0.6) is 0 Å². The van der Waals surface area contributed by atoms with E-state index in [-0.39, 0.29) is 5.91 Å². The second-order valence-corrected chi connectivity index (χ2v) is 4.58. The third-order valence-electron chi connectivity index (χ3n) is 2.44. The van der Waals surface area contributed by atoms with Crippen molar-refractivity contribution >= 4 is 38.4 Å². The molecule has 2 aromatic rings. The number of nitrogens with one attached hydrogen (secondary N) is 2. The summed E-state index contributed by atoms with van der Waals surface area (Å²) in [6.07, 6.45) is 1.83. The van der Waals surface area contributed by atoms with E-state index in [2.05, 4.69) is 26.2 Å². The highest BCUT2D eigenvalue weighted by Gasteiger charge is 2.11. The molecule has 84 valence electrons. The van der Waals surface area contributed by atoms with Gasteiger partial charge in [-0.1, -0.05) is 15.9 Å². The lowest BCUT2D eigenvalue weighted by atomic mass is 10.2. The Labute approximate surface area is 101 Å². The number of amides is 1. The Balaban J connectivity index is 2.37. The summed E-state index contributed by atoms with van der Waals surface area (Å²) in [7, 11) is 0. The number of primary amides is 1. The molecule has 1 aromatic carbocycles. The number of fused-ring (bicyclic) bond motifs is 1. The molecule has 1 amide bonds. The van der Waals surface area contributed by atoms with Crippen molar-refractivity contribution in [2.75, 3.05) is 5.32 Å². The normalized spacial score (nSPS) is 12.6. The molecule has 1 atom stereocenters. The van der Waals surface area contributed by atoms with Crippen LogP contribution in [0.15, 0.2) is 28.9 Å². The van der Waals surface area contributed by atoms with Gasteiger partial charge in [0.2, 0.25) is 5.91 Å². The Bertz CT molecular complexity index is 535. The van der Waals surface area contributed by atoms with E-state index < -0.39 is 6.04 Å². The standard InChI is InChI=1S/C11H12BrN3O/c1-6(11(13)16)15-10-5-14-9-3-2-7(12)4-8(9)10/h2-6,14-15H,1H3,(H2,13,16)/t6-/m1/s1. The van der Waals surface area contributed by atoms with Crippen LogP contribution < -0.4 is 11.1 Å². The fourth-order valence-electron chi connectivity index (χ4n) is 1.52. The first kappa shape index (κ1) is 11.0. The molecule has 0 bridgehead atoms. The molecule has 0 fully saturated rings. The lowest BCUT2D eigenvalue weighted by Crippen LogP contribution is -2.32. The van der Waals surface area contributed by atoms with Gasteiger partial charge in [0.1, 0.15) is 6.04 Å². The Morgan fingerprint density at radius 3 is 3.00 bits per heavy atom. The minimum Gasteiger partial charge on any atom is -0.372 e. The quantitative estimate of drug-likeness (QED) is 0.807. The van der Waals surface area contributed by atoms with Gasteiger partial charge in [0.05, 0.1) is 5.69 Å². The van der Waals surface area contributed by atoms with Gasteiger partial charge in [0, 0.05) is 21.6 Å². The summed E-state index contributed by atoms with van der Waals surface area (Å²) in [5, 5.41) is 4.09. The van der Waals surface area contributed by atoms with Crippen molar-refractivity contribution in [3.8, 4) is 0 Å². The van der Waals surface area contributed by atoms with Crippen LogP contribution >= 0.6 is 15.9 Å². The Morgan fingerprint density at radius 1 is 1.56 bits per heavy atom. The predicted octanol–water partition coefficient (Wildman–Crippen LogP) is 2.22. The number of anilines is 1. The number of rotatable bonds is 3. The zero-order valence-electron chi connectivity index (χ0n) is 8.75. The maximum Gasteiger partial charge on any atom is 0.239 e. The number of H-pyrrole nitrogens is 1. The molecule has 16 heavy (non-hydrogen) atoms. The molecule has 0 saturated carbocycles. The van der Waals surface area contributed by atoms with E-state index >= 15 is 0 Å². The van der Waals surface area contributed by atoms with Gasteiger partial charge in [-0.15, -0.1) is 0 Å². The van der Waals surface area contributed by atoms with Crippen LogP contribution in [0.1, 0.15) is 6.92 Å². The Kier molecular flexibility index (Phi) is 2.87. The van der Waals surface area contributed by atoms with Crippen LogP contribution in [-0.2, 0) is 4.79 Å². The van der Waals surface area contributed by atoms with E-state index in [1.807, 2.05) is 24.4 Å². The predicted molar refractivity (Wildman–Crippen MR) is 68.3 cm³/mol. The first-order valence-electron chi connectivity index (χ1n) is 4.90. The van der Waals surface area contributed by atoms with Gasteiger partial charge in [-0.05, 0) is 25.1 Å². The molecular formula is C11H12BrN3O. The molecule has 0 aliphatic heterocycles. The fourth-order valence-corrected chi connectivity index (χ4v) is 1.88. The van der Waals surface area contributed by atoms with Crippen molar-refractivity contribution in [3.05, 3.63) is 28.9 Å². The highest BCUT2D eigenvalue weighted by Crippen LogP contribution is 2.26. The molecule has 0 aliphatic rings. The van der Waals surface area contributed by atoms with Gasteiger partial charge < -0.3 is 16.0 Å². The smallest absolute Gasteiger partial charge is 0.239 e. The van der Waals surface area contributed by atoms with Crippen molar-refractivity contribution in [3.63, 3.8) is 0 Å². The van der Waals surface area contributed by atoms with Crippen LogP contribution in [0, 0.1) is 0 Å². The Hall–Kier alpha value is -1.49. The van der Waals surface area contributed by atoms with Crippen LogP contribution in [0.4, 0.5) is 5.69 Å². The summed E-state index contributed by atoms with van der Waals surface area (Å²) < 4.78 is 0.995. The lowest BCUT2D eigenvalue weighted by molar-refractivity contribution is -0.118. The molecule has 0 unspecified atom stereocenters. The van der Waals surface area contributed by atoms with Crippen molar-refractivity contribution in [2.45, 2.75) is 13.0 Å². The second-order valence-electron chi connectivity index (χ2n) is 3.66. The Morgan fingerprint density at radius 2 is 2.31 bits per heavy atom. The molecule has 4 nitrogen and oxygen atoms in total. The molecule has 2 rings (SSSR count). The molecule has 1 aromatic heterocycles. The van der Waals surface area contributed by atoms with Gasteiger partial charge in [-0.2, -0.15) is 0 Å². The fraction of sp³-hybridized carbons (Fsp3) is 0.182.